The summed E-state index contributed by atoms with van der Waals surface area (Å²) in [6.07, 6.45) is 1.22. The zero-order valence-electron chi connectivity index (χ0n) is 11.7. The van der Waals surface area contributed by atoms with E-state index in [0.29, 0.717) is 22.6 Å². The second-order valence-electron chi connectivity index (χ2n) is 4.59. The monoisotopic (exact) mass is 292 g/mol. The highest BCUT2D eigenvalue weighted by Crippen LogP contribution is 2.32. The molecular formula is C16H17FO2S. The molecule has 0 bridgehead atoms. The number of halogens is 1. The lowest BCUT2D eigenvalue weighted by Gasteiger charge is -2.15. The number of ether oxygens (including phenoxy) is 1. The predicted octanol–water partition coefficient (Wildman–Crippen LogP) is 4.70. The van der Waals surface area contributed by atoms with Crippen molar-refractivity contribution < 1.29 is 14.2 Å². The third kappa shape index (κ3) is 3.32. The van der Waals surface area contributed by atoms with Gasteiger partial charge >= 0.3 is 0 Å². The van der Waals surface area contributed by atoms with E-state index in [0.717, 1.165) is 4.90 Å². The minimum Gasteiger partial charge on any atom is -0.457 e. The first-order valence-electron chi connectivity index (χ1n) is 6.31. The van der Waals surface area contributed by atoms with E-state index in [-0.39, 0.29) is 5.82 Å². The number of thioether (sulfide) groups is 1. The fraction of sp³-hybridized carbons (Fsp3) is 0.250. The Kier molecular flexibility index (Phi) is 4.68. The molecule has 0 saturated carbocycles. The lowest BCUT2D eigenvalue weighted by atomic mass is 10.1. The number of rotatable bonds is 4. The molecule has 0 aromatic heterocycles. The summed E-state index contributed by atoms with van der Waals surface area (Å²) in [6.45, 7) is 3.26. The van der Waals surface area contributed by atoms with Gasteiger partial charge in [-0.2, -0.15) is 0 Å². The highest BCUT2D eigenvalue weighted by molar-refractivity contribution is 7.98. The van der Waals surface area contributed by atoms with Crippen LogP contribution < -0.4 is 4.74 Å². The molecule has 1 N–H and O–H groups in total. The average Bonchev–Trinajstić information content (AvgIpc) is 2.43. The first kappa shape index (κ1) is 14.9. The molecule has 0 aliphatic rings. The van der Waals surface area contributed by atoms with Crippen LogP contribution in [0.2, 0.25) is 0 Å². The fourth-order valence-electron chi connectivity index (χ4n) is 1.86. The molecule has 0 aliphatic carbocycles. The second kappa shape index (κ2) is 6.29. The van der Waals surface area contributed by atoms with Crippen LogP contribution in [0.5, 0.6) is 11.5 Å². The second-order valence-corrected chi connectivity index (χ2v) is 5.47. The zero-order valence-corrected chi connectivity index (χ0v) is 12.5. The van der Waals surface area contributed by atoms with Crippen LogP contribution >= 0.6 is 11.8 Å². The number of benzene rings is 2. The molecule has 0 fully saturated rings. The Morgan fingerprint density at radius 1 is 1.20 bits per heavy atom. The van der Waals surface area contributed by atoms with Crippen molar-refractivity contribution >= 4 is 11.8 Å². The first-order chi connectivity index (χ1) is 9.51. The third-order valence-corrected chi connectivity index (χ3v) is 3.77. The van der Waals surface area contributed by atoms with Crippen molar-refractivity contribution in [3.05, 3.63) is 53.3 Å². The molecular weight excluding hydrogens is 275 g/mol. The molecule has 0 saturated heterocycles. The van der Waals surface area contributed by atoms with Crippen molar-refractivity contribution in [2.45, 2.75) is 24.8 Å². The highest BCUT2D eigenvalue weighted by atomic mass is 32.2. The number of hydrogen-bond donors (Lipinski definition) is 1. The Hall–Kier alpha value is -1.52. The topological polar surface area (TPSA) is 29.5 Å². The van der Waals surface area contributed by atoms with Gasteiger partial charge in [-0.15, -0.1) is 11.8 Å². The van der Waals surface area contributed by atoms with Gasteiger partial charge < -0.3 is 9.84 Å². The van der Waals surface area contributed by atoms with E-state index in [4.69, 9.17) is 4.74 Å². The molecule has 20 heavy (non-hydrogen) atoms. The summed E-state index contributed by atoms with van der Waals surface area (Å²) in [5.41, 5.74) is 0.937. The van der Waals surface area contributed by atoms with Gasteiger partial charge in [0, 0.05) is 10.5 Å². The van der Waals surface area contributed by atoms with E-state index in [1.165, 1.54) is 6.07 Å². The Balaban J connectivity index is 2.33. The maximum absolute atomic E-state index is 13.6. The van der Waals surface area contributed by atoms with E-state index in [1.807, 2.05) is 30.5 Å². The van der Waals surface area contributed by atoms with Crippen LogP contribution in [-0.2, 0) is 0 Å². The Morgan fingerprint density at radius 3 is 2.40 bits per heavy atom. The number of aliphatic hydroxyl groups is 1. The Bertz CT molecular complexity index is 594. The molecule has 0 aliphatic heterocycles. The molecule has 106 valence electrons. The minimum absolute atomic E-state index is 0.342. The van der Waals surface area contributed by atoms with Gasteiger partial charge in [0.1, 0.15) is 17.3 Å². The molecule has 2 rings (SSSR count). The van der Waals surface area contributed by atoms with Gasteiger partial charge in [-0.25, -0.2) is 4.39 Å². The first-order valence-corrected chi connectivity index (χ1v) is 7.53. The molecule has 1 atom stereocenters. The smallest absolute Gasteiger partial charge is 0.133 e. The lowest BCUT2D eigenvalue weighted by Crippen LogP contribution is -1.99. The largest absolute Gasteiger partial charge is 0.457 e. The predicted molar refractivity (Wildman–Crippen MR) is 80.1 cm³/mol. The van der Waals surface area contributed by atoms with Crippen LogP contribution in [0.3, 0.4) is 0 Å². The van der Waals surface area contributed by atoms with Gasteiger partial charge in [0.05, 0.1) is 6.10 Å². The zero-order chi connectivity index (χ0) is 14.7. The summed E-state index contributed by atoms with van der Waals surface area (Å²) in [4.78, 5) is 1.14. The molecule has 1 unspecified atom stereocenters. The molecule has 0 heterocycles. The molecule has 4 heteroatoms. The van der Waals surface area contributed by atoms with Crippen molar-refractivity contribution in [2.24, 2.45) is 0 Å². The summed E-state index contributed by atoms with van der Waals surface area (Å²) in [6, 6.07) is 10.6. The number of hydrogen-bond acceptors (Lipinski definition) is 3. The summed E-state index contributed by atoms with van der Waals surface area (Å²) in [7, 11) is 0. The van der Waals surface area contributed by atoms with Crippen molar-refractivity contribution in [1.29, 1.82) is 0 Å². The summed E-state index contributed by atoms with van der Waals surface area (Å²) < 4.78 is 19.4. The van der Waals surface area contributed by atoms with E-state index in [2.05, 4.69) is 0 Å². The maximum atomic E-state index is 13.6. The standard InChI is InChI=1S/C16H17FO2S/c1-10-8-16(14(11(2)18)9-15(10)17)19-12-4-6-13(20-3)7-5-12/h4-9,11,18H,1-3H3. The highest BCUT2D eigenvalue weighted by Gasteiger charge is 2.13. The van der Waals surface area contributed by atoms with Gasteiger partial charge in [0.2, 0.25) is 0 Å². The van der Waals surface area contributed by atoms with Gasteiger partial charge in [0.15, 0.2) is 0 Å². The Morgan fingerprint density at radius 2 is 1.85 bits per heavy atom. The van der Waals surface area contributed by atoms with Gasteiger partial charge in [-0.3, -0.25) is 0 Å². The van der Waals surface area contributed by atoms with E-state index in [9.17, 15) is 9.50 Å². The quantitative estimate of drug-likeness (QED) is 0.828. The number of aryl methyl sites for hydroxylation is 1. The van der Waals surface area contributed by atoms with Gasteiger partial charge in [-0.1, -0.05) is 0 Å². The van der Waals surface area contributed by atoms with Gasteiger partial charge in [0.25, 0.3) is 0 Å². The minimum atomic E-state index is -0.787. The number of aliphatic hydroxyl groups excluding tert-OH is 1. The summed E-state index contributed by atoms with van der Waals surface area (Å²) >= 11 is 1.65. The third-order valence-electron chi connectivity index (χ3n) is 3.03. The van der Waals surface area contributed by atoms with E-state index in [1.54, 1.807) is 31.7 Å². The van der Waals surface area contributed by atoms with Crippen LogP contribution in [-0.4, -0.2) is 11.4 Å². The molecule has 0 amide bonds. The van der Waals surface area contributed by atoms with Crippen molar-refractivity contribution in [3.8, 4) is 11.5 Å². The molecule has 2 aromatic rings. The van der Waals surface area contributed by atoms with Crippen LogP contribution in [0, 0.1) is 12.7 Å². The van der Waals surface area contributed by atoms with Crippen molar-refractivity contribution in [1.82, 2.24) is 0 Å². The van der Waals surface area contributed by atoms with Crippen LogP contribution in [0.1, 0.15) is 24.2 Å². The molecule has 0 spiro atoms. The lowest BCUT2D eigenvalue weighted by molar-refractivity contribution is 0.195. The van der Waals surface area contributed by atoms with Gasteiger partial charge in [-0.05, 0) is 62.1 Å². The van der Waals surface area contributed by atoms with E-state index < -0.39 is 6.10 Å². The Labute approximate surface area is 122 Å². The SMILES string of the molecule is CSc1ccc(Oc2cc(C)c(F)cc2C(C)O)cc1. The van der Waals surface area contributed by atoms with Crippen molar-refractivity contribution in [2.75, 3.05) is 6.26 Å². The molecule has 2 aromatic carbocycles. The van der Waals surface area contributed by atoms with Crippen molar-refractivity contribution in [3.63, 3.8) is 0 Å². The molecule has 2 nitrogen and oxygen atoms in total. The van der Waals surface area contributed by atoms with Crippen LogP contribution in [0.4, 0.5) is 4.39 Å². The maximum Gasteiger partial charge on any atom is 0.133 e. The van der Waals surface area contributed by atoms with E-state index >= 15 is 0 Å². The average molecular weight is 292 g/mol. The van der Waals surface area contributed by atoms with Crippen LogP contribution in [0.15, 0.2) is 41.3 Å². The fourth-order valence-corrected chi connectivity index (χ4v) is 2.26. The van der Waals surface area contributed by atoms with Crippen LogP contribution in [0.25, 0.3) is 0 Å². The molecule has 0 radical (unpaired) electrons. The summed E-state index contributed by atoms with van der Waals surface area (Å²) in [5.74, 6) is 0.803. The summed E-state index contributed by atoms with van der Waals surface area (Å²) in [5, 5.41) is 9.73. The normalized spacial score (nSPS) is 12.2.